The van der Waals surface area contributed by atoms with Crippen LogP contribution in [0.2, 0.25) is 0 Å². The number of methoxy groups -OCH3 is 1. The van der Waals surface area contributed by atoms with Crippen LogP contribution >= 0.6 is 11.3 Å². The van der Waals surface area contributed by atoms with Gasteiger partial charge in [0.2, 0.25) is 0 Å². The van der Waals surface area contributed by atoms with Crippen LogP contribution in [0, 0.1) is 6.92 Å². The summed E-state index contributed by atoms with van der Waals surface area (Å²) in [5, 5.41) is 0.910. The van der Waals surface area contributed by atoms with Crippen molar-refractivity contribution in [3.05, 3.63) is 47.5 Å². The molecule has 3 rings (SSSR count). The predicted octanol–water partition coefficient (Wildman–Crippen LogP) is 3.41. The van der Waals surface area contributed by atoms with E-state index < -0.39 is 10.0 Å². The van der Waals surface area contributed by atoms with E-state index in [0.717, 1.165) is 9.71 Å². The molecule has 114 valence electrons. The normalized spacial score (nSPS) is 11.5. The van der Waals surface area contributed by atoms with Crippen LogP contribution in [-0.4, -0.2) is 20.5 Å². The molecule has 1 N–H and O–H groups in total. The van der Waals surface area contributed by atoms with E-state index in [1.54, 1.807) is 49.6 Å². The van der Waals surface area contributed by atoms with E-state index in [-0.39, 0.29) is 4.90 Å². The highest BCUT2D eigenvalue weighted by Gasteiger charge is 2.15. The summed E-state index contributed by atoms with van der Waals surface area (Å²) in [7, 11) is -2.08. The van der Waals surface area contributed by atoms with Crippen molar-refractivity contribution in [2.24, 2.45) is 0 Å². The zero-order valence-electron chi connectivity index (χ0n) is 12.0. The number of hydrogen-bond acceptors (Lipinski definition) is 5. The van der Waals surface area contributed by atoms with Gasteiger partial charge in [-0.05, 0) is 49.4 Å². The van der Waals surface area contributed by atoms with Gasteiger partial charge in [0.15, 0.2) is 0 Å². The van der Waals surface area contributed by atoms with Crippen molar-refractivity contribution in [3.63, 3.8) is 0 Å². The summed E-state index contributed by atoms with van der Waals surface area (Å²) < 4.78 is 33.5. The molecule has 0 aliphatic heterocycles. The number of ether oxygens (including phenoxy) is 1. The molecule has 0 unspecified atom stereocenters. The molecule has 0 fully saturated rings. The number of sulfonamides is 1. The molecule has 0 amide bonds. The zero-order valence-corrected chi connectivity index (χ0v) is 13.7. The van der Waals surface area contributed by atoms with Crippen LogP contribution in [-0.2, 0) is 10.0 Å². The highest BCUT2D eigenvalue weighted by Crippen LogP contribution is 2.25. The van der Waals surface area contributed by atoms with E-state index in [4.69, 9.17) is 4.74 Å². The molecule has 5 nitrogen and oxygen atoms in total. The Bertz CT molecular complexity index is 916. The molecule has 0 saturated carbocycles. The van der Waals surface area contributed by atoms with E-state index in [1.807, 2.05) is 6.92 Å². The van der Waals surface area contributed by atoms with E-state index in [0.29, 0.717) is 17.0 Å². The maximum absolute atomic E-state index is 12.4. The molecule has 0 saturated heterocycles. The number of aromatic nitrogens is 1. The number of hydrogen-bond donors (Lipinski definition) is 1. The first-order valence-electron chi connectivity index (χ1n) is 6.52. The third-order valence-corrected chi connectivity index (χ3v) is 5.45. The van der Waals surface area contributed by atoms with Crippen LogP contribution in [0.15, 0.2) is 47.4 Å². The van der Waals surface area contributed by atoms with Crippen molar-refractivity contribution in [2.75, 3.05) is 11.8 Å². The molecule has 1 heterocycles. The Hall–Kier alpha value is -2.12. The second-order valence-corrected chi connectivity index (χ2v) is 7.61. The molecule has 3 aromatic rings. The number of fused-ring (bicyclic) bond motifs is 1. The van der Waals surface area contributed by atoms with E-state index in [9.17, 15) is 8.42 Å². The van der Waals surface area contributed by atoms with E-state index in [2.05, 4.69) is 9.71 Å². The van der Waals surface area contributed by atoms with Gasteiger partial charge in [0.1, 0.15) is 5.75 Å². The number of aryl methyl sites for hydroxylation is 1. The average molecular weight is 334 g/mol. The Balaban J connectivity index is 1.92. The fourth-order valence-corrected chi connectivity index (χ4v) is 3.95. The third-order valence-electron chi connectivity index (χ3n) is 3.12. The summed E-state index contributed by atoms with van der Waals surface area (Å²) in [6.07, 6.45) is 0. The van der Waals surface area contributed by atoms with Gasteiger partial charge in [-0.1, -0.05) is 0 Å². The molecule has 0 radical (unpaired) electrons. The van der Waals surface area contributed by atoms with Gasteiger partial charge in [-0.25, -0.2) is 13.4 Å². The Kier molecular flexibility index (Phi) is 3.76. The monoisotopic (exact) mass is 334 g/mol. The maximum atomic E-state index is 12.4. The minimum Gasteiger partial charge on any atom is -0.497 e. The van der Waals surface area contributed by atoms with Crippen LogP contribution in [0.25, 0.3) is 10.2 Å². The third kappa shape index (κ3) is 2.90. The van der Waals surface area contributed by atoms with Crippen LogP contribution < -0.4 is 9.46 Å². The molecule has 0 atom stereocenters. The lowest BCUT2D eigenvalue weighted by atomic mass is 10.3. The summed E-state index contributed by atoms with van der Waals surface area (Å²) in [5.74, 6) is 0.669. The molecule has 1 aromatic heterocycles. The number of anilines is 1. The maximum Gasteiger partial charge on any atom is 0.261 e. The minimum absolute atomic E-state index is 0.195. The van der Waals surface area contributed by atoms with Gasteiger partial charge < -0.3 is 4.74 Å². The van der Waals surface area contributed by atoms with Gasteiger partial charge in [-0.3, -0.25) is 4.72 Å². The Labute approximate surface area is 132 Å². The molecular formula is C15H14N2O3S2. The van der Waals surface area contributed by atoms with Gasteiger partial charge >= 0.3 is 0 Å². The number of nitrogens with zero attached hydrogens (tertiary/aromatic N) is 1. The van der Waals surface area contributed by atoms with Crippen molar-refractivity contribution >= 4 is 37.3 Å². The predicted molar refractivity (Wildman–Crippen MR) is 88.2 cm³/mol. The zero-order chi connectivity index (χ0) is 15.7. The number of thiazole rings is 1. The van der Waals surface area contributed by atoms with Crippen LogP contribution in [0.5, 0.6) is 5.75 Å². The number of rotatable bonds is 4. The van der Waals surface area contributed by atoms with Gasteiger partial charge in [0.05, 0.1) is 27.2 Å². The van der Waals surface area contributed by atoms with Crippen molar-refractivity contribution < 1.29 is 13.2 Å². The number of benzene rings is 2. The summed E-state index contributed by atoms with van der Waals surface area (Å²) >= 11 is 1.54. The fraction of sp³-hybridized carbons (Fsp3) is 0.133. The molecule has 22 heavy (non-hydrogen) atoms. The second kappa shape index (κ2) is 5.58. The first-order valence-corrected chi connectivity index (χ1v) is 8.82. The summed E-state index contributed by atoms with van der Waals surface area (Å²) in [6.45, 7) is 1.90. The summed E-state index contributed by atoms with van der Waals surface area (Å²) in [4.78, 5) is 4.52. The highest BCUT2D eigenvalue weighted by molar-refractivity contribution is 7.92. The van der Waals surface area contributed by atoms with E-state index in [1.165, 1.54) is 11.3 Å². The van der Waals surface area contributed by atoms with Gasteiger partial charge in [-0.2, -0.15) is 0 Å². The fourth-order valence-electron chi connectivity index (χ4n) is 2.06. The Morgan fingerprint density at radius 1 is 1.14 bits per heavy atom. The average Bonchev–Trinajstić information content (AvgIpc) is 2.86. The molecule has 0 spiro atoms. The second-order valence-electron chi connectivity index (χ2n) is 4.70. The lowest BCUT2D eigenvalue weighted by molar-refractivity contribution is 0.415. The minimum atomic E-state index is -3.64. The molecule has 7 heteroatoms. The summed E-state index contributed by atoms with van der Waals surface area (Å²) in [6, 6.07) is 11.7. The first-order chi connectivity index (χ1) is 10.5. The van der Waals surface area contributed by atoms with Gasteiger partial charge in [-0.15, -0.1) is 11.3 Å². The molecule has 0 aliphatic rings. The largest absolute Gasteiger partial charge is 0.497 e. The molecule has 0 bridgehead atoms. The number of nitrogens with one attached hydrogen (secondary N) is 1. The van der Waals surface area contributed by atoms with Crippen molar-refractivity contribution in [2.45, 2.75) is 11.8 Å². The lowest BCUT2D eigenvalue weighted by Gasteiger charge is -2.08. The Morgan fingerprint density at radius 2 is 1.86 bits per heavy atom. The van der Waals surface area contributed by atoms with Crippen LogP contribution in [0.1, 0.15) is 5.01 Å². The quantitative estimate of drug-likeness (QED) is 0.794. The van der Waals surface area contributed by atoms with Crippen molar-refractivity contribution in [3.8, 4) is 5.75 Å². The molecule has 0 aliphatic carbocycles. The van der Waals surface area contributed by atoms with Crippen molar-refractivity contribution in [1.29, 1.82) is 0 Å². The van der Waals surface area contributed by atoms with Gasteiger partial charge in [0, 0.05) is 5.69 Å². The van der Waals surface area contributed by atoms with E-state index >= 15 is 0 Å². The van der Waals surface area contributed by atoms with Crippen molar-refractivity contribution in [1.82, 2.24) is 4.98 Å². The SMILES string of the molecule is COc1ccc(NS(=O)(=O)c2ccc3sc(C)nc3c2)cc1. The van der Waals surface area contributed by atoms with Gasteiger partial charge in [0.25, 0.3) is 10.0 Å². The lowest BCUT2D eigenvalue weighted by Crippen LogP contribution is -2.12. The standard InChI is InChI=1S/C15H14N2O3S2/c1-10-16-14-9-13(7-8-15(14)21-10)22(18,19)17-11-3-5-12(20-2)6-4-11/h3-9,17H,1-2H3. The molecular weight excluding hydrogens is 320 g/mol. The highest BCUT2D eigenvalue weighted by atomic mass is 32.2. The Morgan fingerprint density at radius 3 is 2.55 bits per heavy atom. The summed E-state index contributed by atoms with van der Waals surface area (Å²) in [5.41, 5.74) is 1.18. The topological polar surface area (TPSA) is 68.3 Å². The van der Waals surface area contributed by atoms with Crippen LogP contribution in [0.4, 0.5) is 5.69 Å². The first kappa shape index (κ1) is 14.8. The van der Waals surface area contributed by atoms with Crippen LogP contribution in [0.3, 0.4) is 0 Å². The smallest absolute Gasteiger partial charge is 0.261 e. The molecule has 2 aromatic carbocycles.